The van der Waals surface area contributed by atoms with Crippen molar-refractivity contribution in [2.24, 2.45) is 10.9 Å². The van der Waals surface area contributed by atoms with Crippen molar-refractivity contribution in [2.75, 3.05) is 92.8 Å². The van der Waals surface area contributed by atoms with Crippen molar-refractivity contribution in [1.82, 2.24) is 25.3 Å². The fourth-order valence-corrected chi connectivity index (χ4v) is 3.33. The predicted octanol–water partition coefficient (Wildman–Crippen LogP) is 0.783. The molecule has 1 heterocycles. The average Bonchev–Trinajstić information content (AvgIpc) is 2.67. The van der Waals surface area contributed by atoms with E-state index in [-0.39, 0.29) is 0 Å². The van der Waals surface area contributed by atoms with Crippen LogP contribution in [0.4, 0.5) is 0 Å². The molecule has 0 bridgehead atoms. The molecule has 0 aromatic rings. The number of piperazine rings is 1. The molecule has 160 valence electrons. The second kappa shape index (κ2) is 15.1. The highest BCUT2D eigenvalue weighted by Gasteiger charge is 2.17. The summed E-state index contributed by atoms with van der Waals surface area (Å²) in [6.45, 7) is 19.3. The minimum atomic E-state index is 0.574. The fraction of sp³-hybridized carbons (Fsp3) is 0.950. The Morgan fingerprint density at radius 2 is 1.81 bits per heavy atom. The molecule has 0 radical (unpaired) electrons. The largest absolute Gasteiger partial charge is 0.385 e. The summed E-state index contributed by atoms with van der Waals surface area (Å²) >= 11 is 0. The smallest absolute Gasteiger partial charge is 0.191 e. The van der Waals surface area contributed by atoms with Crippen LogP contribution in [0.5, 0.6) is 0 Å². The summed E-state index contributed by atoms with van der Waals surface area (Å²) in [7, 11) is 3.91. The molecule has 0 saturated carbocycles. The van der Waals surface area contributed by atoms with Crippen LogP contribution in [0.3, 0.4) is 0 Å². The fourth-order valence-electron chi connectivity index (χ4n) is 3.33. The summed E-state index contributed by atoms with van der Waals surface area (Å²) in [6, 6.07) is 0. The molecule has 1 aliphatic heterocycles. The van der Waals surface area contributed by atoms with Crippen LogP contribution in [0.25, 0.3) is 0 Å². The van der Waals surface area contributed by atoms with E-state index in [1.807, 2.05) is 0 Å². The van der Waals surface area contributed by atoms with Crippen LogP contribution in [0, 0.1) is 5.92 Å². The lowest BCUT2D eigenvalue weighted by molar-refractivity contribution is 0.125. The SMILES string of the molecule is CCNC(=NCC(C)CN1CCN(CC)CC1)NCCN(C)CCCOC. The Hall–Kier alpha value is -0.890. The molecule has 0 amide bonds. The van der Waals surface area contributed by atoms with Crippen molar-refractivity contribution in [3.63, 3.8) is 0 Å². The summed E-state index contributed by atoms with van der Waals surface area (Å²) in [5, 5.41) is 6.82. The van der Waals surface area contributed by atoms with Gasteiger partial charge in [0, 0.05) is 79.2 Å². The molecular weight excluding hydrogens is 340 g/mol. The van der Waals surface area contributed by atoms with Crippen LogP contribution in [0.15, 0.2) is 4.99 Å². The third-order valence-corrected chi connectivity index (χ3v) is 5.06. The van der Waals surface area contributed by atoms with E-state index in [0.717, 1.165) is 58.3 Å². The maximum Gasteiger partial charge on any atom is 0.191 e. The number of guanidine groups is 1. The molecule has 0 spiro atoms. The van der Waals surface area contributed by atoms with Crippen molar-refractivity contribution >= 4 is 5.96 Å². The molecule has 1 rings (SSSR count). The average molecular weight is 385 g/mol. The maximum absolute atomic E-state index is 5.11. The van der Waals surface area contributed by atoms with Gasteiger partial charge in [-0.15, -0.1) is 0 Å². The Labute approximate surface area is 167 Å². The molecule has 1 saturated heterocycles. The first-order valence-corrected chi connectivity index (χ1v) is 10.7. The lowest BCUT2D eigenvalue weighted by Crippen LogP contribution is -2.47. The van der Waals surface area contributed by atoms with Crippen molar-refractivity contribution in [3.05, 3.63) is 0 Å². The van der Waals surface area contributed by atoms with E-state index in [2.05, 4.69) is 53.2 Å². The Morgan fingerprint density at radius 1 is 1.11 bits per heavy atom. The zero-order chi connectivity index (χ0) is 19.9. The molecule has 7 heteroatoms. The van der Waals surface area contributed by atoms with Crippen LogP contribution in [-0.4, -0.2) is 113 Å². The number of aliphatic imine (C=N–C) groups is 1. The van der Waals surface area contributed by atoms with Gasteiger partial charge in [0.25, 0.3) is 0 Å². The van der Waals surface area contributed by atoms with Gasteiger partial charge in [-0.05, 0) is 32.9 Å². The highest BCUT2D eigenvalue weighted by Crippen LogP contribution is 2.06. The number of nitrogens with one attached hydrogen (secondary N) is 2. The topological polar surface area (TPSA) is 55.4 Å². The summed E-state index contributed by atoms with van der Waals surface area (Å²) in [5.74, 6) is 1.51. The molecule has 0 aliphatic carbocycles. The Morgan fingerprint density at radius 3 is 2.44 bits per heavy atom. The molecule has 0 aromatic heterocycles. The molecule has 0 aromatic carbocycles. The van der Waals surface area contributed by atoms with E-state index in [1.165, 1.54) is 32.7 Å². The van der Waals surface area contributed by atoms with Crippen molar-refractivity contribution in [2.45, 2.75) is 27.2 Å². The van der Waals surface area contributed by atoms with Gasteiger partial charge in [0.1, 0.15) is 0 Å². The van der Waals surface area contributed by atoms with Gasteiger partial charge in [-0.2, -0.15) is 0 Å². The third kappa shape index (κ3) is 11.5. The molecule has 1 fully saturated rings. The zero-order valence-electron chi connectivity index (χ0n) is 18.5. The van der Waals surface area contributed by atoms with Crippen molar-refractivity contribution in [3.8, 4) is 0 Å². The molecular formula is C20H44N6O. The highest BCUT2D eigenvalue weighted by atomic mass is 16.5. The molecule has 27 heavy (non-hydrogen) atoms. The Bertz CT molecular complexity index is 385. The van der Waals surface area contributed by atoms with E-state index >= 15 is 0 Å². The first kappa shape index (κ1) is 24.1. The standard InChI is InChI=1S/C20H44N6O/c1-6-21-20(22-9-11-24(4)10-8-16-27-5)23-17-19(3)18-26-14-12-25(7-2)13-15-26/h19H,6-18H2,1-5H3,(H2,21,22,23). The van der Waals surface area contributed by atoms with Gasteiger partial charge in [-0.25, -0.2) is 0 Å². The summed E-state index contributed by atoms with van der Waals surface area (Å²) in [4.78, 5) is 12.2. The van der Waals surface area contributed by atoms with E-state index in [0.29, 0.717) is 5.92 Å². The normalized spacial score (nSPS) is 18.1. The van der Waals surface area contributed by atoms with Gasteiger partial charge in [0.2, 0.25) is 0 Å². The van der Waals surface area contributed by atoms with E-state index in [9.17, 15) is 0 Å². The van der Waals surface area contributed by atoms with Gasteiger partial charge < -0.3 is 30.1 Å². The molecule has 1 aliphatic rings. The van der Waals surface area contributed by atoms with Gasteiger partial charge >= 0.3 is 0 Å². The predicted molar refractivity (Wildman–Crippen MR) is 116 cm³/mol. The monoisotopic (exact) mass is 384 g/mol. The maximum atomic E-state index is 5.11. The first-order valence-electron chi connectivity index (χ1n) is 10.7. The number of ether oxygens (including phenoxy) is 1. The van der Waals surface area contributed by atoms with Crippen LogP contribution < -0.4 is 10.6 Å². The van der Waals surface area contributed by atoms with Gasteiger partial charge in [-0.3, -0.25) is 4.99 Å². The number of likely N-dealkylation sites (N-methyl/N-ethyl adjacent to an activating group) is 2. The number of hydrogen-bond donors (Lipinski definition) is 2. The van der Waals surface area contributed by atoms with Crippen LogP contribution in [0.2, 0.25) is 0 Å². The zero-order valence-corrected chi connectivity index (χ0v) is 18.5. The minimum absolute atomic E-state index is 0.574. The summed E-state index contributed by atoms with van der Waals surface area (Å²) in [6.07, 6.45) is 1.07. The summed E-state index contributed by atoms with van der Waals surface area (Å²) < 4.78 is 5.11. The summed E-state index contributed by atoms with van der Waals surface area (Å²) in [5.41, 5.74) is 0. The third-order valence-electron chi connectivity index (χ3n) is 5.06. The number of nitrogens with zero attached hydrogens (tertiary/aromatic N) is 4. The van der Waals surface area contributed by atoms with Crippen molar-refractivity contribution < 1.29 is 4.74 Å². The Balaban J connectivity index is 2.26. The van der Waals surface area contributed by atoms with Crippen LogP contribution >= 0.6 is 0 Å². The van der Waals surface area contributed by atoms with Crippen molar-refractivity contribution in [1.29, 1.82) is 0 Å². The van der Waals surface area contributed by atoms with Gasteiger partial charge in [0.15, 0.2) is 5.96 Å². The quantitative estimate of drug-likeness (QED) is 0.278. The highest BCUT2D eigenvalue weighted by molar-refractivity contribution is 5.79. The number of rotatable bonds is 13. The number of hydrogen-bond acceptors (Lipinski definition) is 5. The van der Waals surface area contributed by atoms with E-state index in [1.54, 1.807) is 7.11 Å². The lowest BCUT2D eigenvalue weighted by atomic mass is 10.1. The minimum Gasteiger partial charge on any atom is -0.385 e. The van der Waals surface area contributed by atoms with Crippen LogP contribution in [-0.2, 0) is 4.74 Å². The molecule has 7 nitrogen and oxygen atoms in total. The molecule has 1 unspecified atom stereocenters. The number of methoxy groups -OCH3 is 1. The van der Waals surface area contributed by atoms with E-state index in [4.69, 9.17) is 9.73 Å². The van der Waals surface area contributed by atoms with Gasteiger partial charge in [-0.1, -0.05) is 13.8 Å². The van der Waals surface area contributed by atoms with Gasteiger partial charge in [0.05, 0.1) is 0 Å². The lowest BCUT2D eigenvalue weighted by Gasteiger charge is -2.35. The van der Waals surface area contributed by atoms with Crippen LogP contribution in [0.1, 0.15) is 27.2 Å². The molecule has 1 atom stereocenters. The Kier molecular flexibility index (Phi) is 13.5. The van der Waals surface area contributed by atoms with E-state index < -0.39 is 0 Å². The second-order valence-corrected chi connectivity index (χ2v) is 7.64. The first-order chi connectivity index (χ1) is 13.1. The molecule has 2 N–H and O–H groups in total. The second-order valence-electron chi connectivity index (χ2n) is 7.64.